The minimum atomic E-state index is -1.60. The highest BCUT2D eigenvalue weighted by atomic mass is 19.2. The monoisotopic (exact) mass is 339 g/mol. The molecule has 0 aliphatic heterocycles. The molecule has 0 saturated heterocycles. The van der Waals surface area contributed by atoms with Gasteiger partial charge >= 0.3 is 0 Å². The maximum absolute atomic E-state index is 13.3. The molecule has 0 saturated carbocycles. The summed E-state index contributed by atoms with van der Waals surface area (Å²) in [5.41, 5.74) is 0.605. The van der Waals surface area contributed by atoms with Crippen LogP contribution in [0.1, 0.15) is 17.2 Å². The van der Waals surface area contributed by atoms with Crippen molar-refractivity contribution in [2.45, 2.75) is 12.5 Å². The van der Waals surface area contributed by atoms with E-state index in [1.165, 1.54) is 7.11 Å². The fourth-order valence-electron chi connectivity index (χ4n) is 2.22. The van der Waals surface area contributed by atoms with Crippen molar-refractivity contribution in [2.24, 2.45) is 0 Å². The molecule has 0 aliphatic carbocycles. The quantitative estimate of drug-likeness (QED) is 0.795. The van der Waals surface area contributed by atoms with Gasteiger partial charge in [0.2, 0.25) is 5.91 Å². The van der Waals surface area contributed by atoms with Crippen LogP contribution in [0.5, 0.6) is 5.75 Å². The zero-order valence-electron chi connectivity index (χ0n) is 12.9. The molecular weight excluding hydrogens is 323 g/mol. The lowest BCUT2D eigenvalue weighted by atomic mass is 10.1. The fraction of sp³-hybridized carbons (Fsp3) is 0.235. The molecule has 2 rings (SSSR count). The first-order valence-corrected chi connectivity index (χ1v) is 7.12. The van der Waals surface area contributed by atoms with E-state index < -0.39 is 36.0 Å². The number of halogens is 3. The van der Waals surface area contributed by atoms with Gasteiger partial charge in [-0.2, -0.15) is 0 Å². The van der Waals surface area contributed by atoms with Crippen LogP contribution in [0, 0.1) is 17.5 Å². The Morgan fingerprint density at radius 3 is 2.46 bits per heavy atom. The van der Waals surface area contributed by atoms with E-state index in [4.69, 9.17) is 4.74 Å². The Hall–Kier alpha value is -2.54. The number of rotatable bonds is 6. The zero-order chi connectivity index (χ0) is 17.7. The number of methoxy groups -OCH3 is 1. The summed E-state index contributed by atoms with van der Waals surface area (Å²) in [6.45, 7) is -0.589. The van der Waals surface area contributed by atoms with Gasteiger partial charge in [0, 0.05) is 0 Å². The van der Waals surface area contributed by atoms with Crippen LogP contribution in [0.15, 0.2) is 36.4 Å². The first kappa shape index (κ1) is 17.8. The molecule has 1 unspecified atom stereocenters. The van der Waals surface area contributed by atoms with Gasteiger partial charge in [-0.05, 0) is 35.4 Å². The van der Waals surface area contributed by atoms with E-state index in [-0.39, 0.29) is 12.0 Å². The van der Waals surface area contributed by atoms with Gasteiger partial charge in [-0.1, -0.05) is 12.1 Å². The normalized spacial score (nSPS) is 11.9. The van der Waals surface area contributed by atoms with Crippen LogP contribution in [0.2, 0.25) is 0 Å². The molecule has 2 aromatic rings. The molecule has 0 heterocycles. The van der Waals surface area contributed by atoms with Crippen molar-refractivity contribution in [2.75, 3.05) is 13.7 Å². The minimum absolute atomic E-state index is 0.0140. The van der Waals surface area contributed by atoms with Crippen LogP contribution in [-0.2, 0) is 11.2 Å². The van der Waals surface area contributed by atoms with Gasteiger partial charge in [-0.25, -0.2) is 13.2 Å². The van der Waals surface area contributed by atoms with Gasteiger partial charge in [0.05, 0.1) is 26.2 Å². The number of nitrogens with one attached hydrogen (secondary N) is 1. The number of hydrogen-bond acceptors (Lipinski definition) is 3. The summed E-state index contributed by atoms with van der Waals surface area (Å²) in [6, 6.07) is 7.26. The molecule has 2 aromatic carbocycles. The van der Waals surface area contributed by atoms with Gasteiger partial charge in [-0.3, -0.25) is 4.79 Å². The minimum Gasteiger partial charge on any atom is -0.497 e. The number of hydrogen-bond donors (Lipinski definition) is 2. The maximum Gasteiger partial charge on any atom is 0.224 e. The Bertz CT molecular complexity index is 714. The van der Waals surface area contributed by atoms with Gasteiger partial charge < -0.3 is 15.2 Å². The lowest BCUT2D eigenvalue weighted by Gasteiger charge is -2.17. The number of carbonyl (C=O) groups is 1. The average molecular weight is 339 g/mol. The van der Waals surface area contributed by atoms with E-state index in [0.717, 1.165) is 12.1 Å². The molecule has 0 aliphatic rings. The molecule has 1 amide bonds. The SMILES string of the molecule is COc1cccc(CC(=O)NC(CO)c2cc(F)c(F)c(F)c2)c1. The van der Waals surface area contributed by atoms with E-state index >= 15 is 0 Å². The predicted octanol–water partition coefficient (Wildman–Crippen LogP) is 2.50. The van der Waals surface area contributed by atoms with Crippen molar-refractivity contribution < 1.29 is 27.8 Å². The lowest BCUT2D eigenvalue weighted by Crippen LogP contribution is -2.32. The van der Waals surface area contributed by atoms with Crippen molar-refractivity contribution in [3.63, 3.8) is 0 Å². The van der Waals surface area contributed by atoms with Crippen LogP contribution in [0.4, 0.5) is 13.2 Å². The number of aliphatic hydroxyl groups excluding tert-OH is 1. The van der Waals surface area contributed by atoms with Crippen molar-refractivity contribution in [3.8, 4) is 5.75 Å². The first-order chi connectivity index (χ1) is 11.4. The van der Waals surface area contributed by atoms with Crippen molar-refractivity contribution in [3.05, 3.63) is 65.0 Å². The summed E-state index contributed by atoms with van der Waals surface area (Å²) in [4.78, 5) is 12.1. The number of amides is 1. The van der Waals surface area contributed by atoms with Crippen LogP contribution in [0.25, 0.3) is 0 Å². The molecule has 24 heavy (non-hydrogen) atoms. The molecule has 0 aromatic heterocycles. The fourth-order valence-corrected chi connectivity index (χ4v) is 2.22. The summed E-state index contributed by atoms with van der Waals surface area (Å²) in [6.07, 6.45) is -0.0140. The summed E-state index contributed by atoms with van der Waals surface area (Å²) >= 11 is 0. The predicted molar refractivity (Wildman–Crippen MR) is 81.0 cm³/mol. The Balaban J connectivity index is 2.10. The van der Waals surface area contributed by atoms with E-state index in [0.29, 0.717) is 11.3 Å². The molecule has 0 fully saturated rings. The third kappa shape index (κ3) is 4.26. The Kier molecular flexibility index (Phi) is 5.81. The van der Waals surface area contributed by atoms with Crippen molar-refractivity contribution in [1.82, 2.24) is 5.32 Å². The van der Waals surface area contributed by atoms with Crippen molar-refractivity contribution >= 4 is 5.91 Å². The van der Waals surface area contributed by atoms with Gasteiger partial charge in [-0.15, -0.1) is 0 Å². The standard InChI is InChI=1S/C17H16F3NO3/c1-24-12-4-2-3-10(5-12)6-16(23)21-15(9-22)11-7-13(18)17(20)14(19)8-11/h2-5,7-8,15,22H,6,9H2,1H3,(H,21,23). The topological polar surface area (TPSA) is 58.6 Å². The molecule has 0 bridgehead atoms. The Morgan fingerprint density at radius 1 is 1.21 bits per heavy atom. The Morgan fingerprint density at radius 2 is 1.88 bits per heavy atom. The lowest BCUT2D eigenvalue weighted by molar-refractivity contribution is -0.121. The van der Waals surface area contributed by atoms with Crippen LogP contribution < -0.4 is 10.1 Å². The van der Waals surface area contributed by atoms with E-state index in [1.807, 2.05) is 0 Å². The van der Waals surface area contributed by atoms with E-state index in [2.05, 4.69) is 5.32 Å². The summed E-state index contributed by atoms with van der Waals surface area (Å²) in [7, 11) is 1.50. The van der Waals surface area contributed by atoms with Gasteiger partial charge in [0.15, 0.2) is 17.5 Å². The molecule has 0 radical (unpaired) electrons. The third-order valence-corrected chi connectivity index (χ3v) is 3.43. The molecule has 128 valence electrons. The third-order valence-electron chi connectivity index (χ3n) is 3.43. The second-order valence-corrected chi connectivity index (χ2v) is 5.13. The van der Waals surface area contributed by atoms with Gasteiger partial charge in [0.1, 0.15) is 5.75 Å². The average Bonchev–Trinajstić information content (AvgIpc) is 2.57. The largest absolute Gasteiger partial charge is 0.497 e. The highest BCUT2D eigenvalue weighted by molar-refractivity contribution is 5.79. The number of carbonyl (C=O) groups excluding carboxylic acids is 1. The number of ether oxygens (including phenoxy) is 1. The molecule has 0 spiro atoms. The summed E-state index contributed by atoms with van der Waals surface area (Å²) < 4.78 is 44.6. The van der Waals surface area contributed by atoms with Gasteiger partial charge in [0.25, 0.3) is 0 Å². The molecule has 1 atom stereocenters. The first-order valence-electron chi connectivity index (χ1n) is 7.12. The highest BCUT2D eigenvalue weighted by Gasteiger charge is 2.19. The molecule has 7 heteroatoms. The van der Waals surface area contributed by atoms with Crippen molar-refractivity contribution in [1.29, 1.82) is 0 Å². The smallest absolute Gasteiger partial charge is 0.224 e. The number of aliphatic hydroxyl groups is 1. The molecule has 2 N–H and O–H groups in total. The zero-order valence-corrected chi connectivity index (χ0v) is 12.9. The number of benzene rings is 2. The second kappa shape index (κ2) is 7.83. The highest BCUT2D eigenvalue weighted by Crippen LogP contribution is 2.20. The summed E-state index contributed by atoms with van der Waals surface area (Å²) in [5, 5.41) is 11.8. The summed E-state index contributed by atoms with van der Waals surface area (Å²) in [5.74, 6) is -4.25. The second-order valence-electron chi connectivity index (χ2n) is 5.13. The van der Waals surface area contributed by atoms with Crippen LogP contribution >= 0.6 is 0 Å². The Labute approximate surface area is 136 Å². The van der Waals surface area contributed by atoms with Crippen LogP contribution in [0.3, 0.4) is 0 Å². The molecular formula is C17H16F3NO3. The van der Waals surface area contributed by atoms with E-state index in [1.54, 1.807) is 24.3 Å². The van der Waals surface area contributed by atoms with Crippen LogP contribution in [-0.4, -0.2) is 24.7 Å². The van der Waals surface area contributed by atoms with E-state index in [9.17, 15) is 23.1 Å². The molecule has 4 nitrogen and oxygen atoms in total. The maximum atomic E-state index is 13.3.